The van der Waals surface area contributed by atoms with Crippen LogP contribution in [0.1, 0.15) is 12.5 Å². The lowest BCUT2D eigenvalue weighted by molar-refractivity contribution is 0.0987. The maximum Gasteiger partial charge on any atom is 0.164 e. The summed E-state index contributed by atoms with van der Waals surface area (Å²) in [4.78, 5) is 19.5. The van der Waals surface area contributed by atoms with E-state index in [-0.39, 0.29) is 11.8 Å². The summed E-state index contributed by atoms with van der Waals surface area (Å²) in [6, 6.07) is 2.13. The van der Waals surface area contributed by atoms with Crippen LogP contribution in [0.5, 0.6) is 0 Å². The molecule has 0 bridgehead atoms. The molecule has 30 heavy (non-hydrogen) atoms. The highest BCUT2D eigenvalue weighted by Crippen LogP contribution is 2.37. The van der Waals surface area contributed by atoms with Gasteiger partial charge in [-0.1, -0.05) is 0 Å². The molecule has 8 nitrogen and oxygen atoms in total. The Hall–Kier alpha value is -2.56. The summed E-state index contributed by atoms with van der Waals surface area (Å²) in [5, 5.41) is 2.86. The molecule has 4 aromatic rings. The minimum absolute atomic E-state index is 0.0475. The minimum Gasteiger partial charge on any atom is -0.377 e. The second-order valence-corrected chi connectivity index (χ2v) is 10.6. The quantitative estimate of drug-likeness (QED) is 0.517. The van der Waals surface area contributed by atoms with Crippen molar-refractivity contribution >= 4 is 48.1 Å². The van der Waals surface area contributed by atoms with E-state index < -0.39 is 9.84 Å². The number of H-pyrrole nitrogens is 1. The molecule has 1 aliphatic rings. The fraction of sp³-hybridized carbons (Fsp3) is 0.350. The normalized spacial score (nSPS) is 17.8. The first-order valence-corrected chi connectivity index (χ1v) is 12.6. The van der Waals surface area contributed by atoms with Crippen molar-refractivity contribution in [2.24, 2.45) is 0 Å². The van der Waals surface area contributed by atoms with E-state index in [0.29, 0.717) is 30.1 Å². The SMILES string of the molecule is C[C@@H]1COCCN1c1nc(-c2cncc3[nH]ccc23)nc2c(CS(C)(=O)=O)csc12. The molecule has 1 saturated heterocycles. The van der Waals surface area contributed by atoms with E-state index in [1.165, 1.54) is 17.6 Å². The first kappa shape index (κ1) is 19.4. The number of aromatic amines is 1. The number of fused-ring (bicyclic) bond motifs is 2. The largest absolute Gasteiger partial charge is 0.377 e. The van der Waals surface area contributed by atoms with E-state index >= 15 is 0 Å². The molecule has 1 fully saturated rings. The number of hydrogen-bond donors (Lipinski definition) is 1. The van der Waals surface area contributed by atoms with Gasteiger partial charge in [0.1, 0.15) is 0 Å². The lowest BCUT2D eigenvalue weighted by atomic mass is 10.1. The number of anilines is 1. The van der Waals surface area contributed by atoms with Gasteiger partial charge in [-0.05, 0) is 18.4 Å². The van der Waals surface area contributed by atoms with Gasteiger partial charge in [0, 0.05) is 41.7 Å². The van der Waals surface area contributed by atoms with Crippen molar-refractivity contribution in [1.29, 1.82) is 0 Å². The van der Waals surface area contributed by atoms with Gasteiger partial charge in [0.05, 0.1) is 46.9 Å². The number of ether oxygens (including phenoxy) is 1. The number of thiophene rings is 1. The van der Waals surface area contributed by atoms with Crippen LogP contribution in [0, 0.1) is 0 Å². The summed E-state index contributed by atoms with van der Waals surface area (Å²) in [5.74, 6) is 1.32. The third-order valence-electron chi connectivity index (χ3n) is 5.25. The van der Waals surface area contributed by atoms with Crippen LogP contribution >= 0.6 is 11.3 Å². The summed E-state index contributed by atoms with van der Waals surface area (Å²) >= 11 is 1.49. The van der Waals surface area contributed by atoms with Crippen LogP contribution in [-0.4, -0.2) is 60.4 Å². The number of aromatic nitrogens is 4. The standard InChI is InChI=1S/C20H21N5O3S2/c1-12-9-28-6-5-25(12)20-18-17(13(10-29-18)11-30(2,26)27)23-19(24-20)15-7-21-8-16-14(15)3-4-22-16/h3-4,7-8,10,12,22H,5-6,9,11H2,1-2H3/t12-/m1/s1. The third-order valence-corrected chi connectivity index (χ3v) is 7.09. The van der Waals surface area contributed by atoms with E-state index in [1.54, 1.807) is 12.4 Å². The topological polar surface area (TPSA) is 101 Å². The van der Waals surface area contributed by atoms with Crippen molar-refractivity contribution in [3.63, 3.8) is 0 Å². The molecule has 0 amide bonds. The van der Waals surface area contributed by atoms with Crippen molar-refractivity contribution in [1.82, 2.24) is 19.9 Å². The molecule has 0 spiro atoms. The van der Waals surface area contributed by atoms with Gasteiger partial charge in [0.15, 0.2) is 21.5 Å². The Bertz CT molecular complexity index is 1350. The average Bonchev–Trinajstić information content (AvgIpc) is 3.34. The highest BCUT2D eigenvalue weighted by Gasteiger charge is 2.26. The third kappa shape index (κ3) is 3.44. The Morgan fingerprint density at radius 2 is 2.20 bits per heavy atom. The number of nitrogens with one attached hydrogen (secondary N) is 1. The monoisotopic (exact) mass is 443 g/mol. The molecule has 10 heteroatoms. The summed E-state index contributed by atoms with van der Waals surface area (Å²) in [6.45, 7) is 4.07. The summed E-state index contributed by atoms with van der Waals surface area (Å²) in [7, 11) is -3.19. The summed E-state index contributed by atoms with van der Waals surface area (Å²) < 4.78 is 30.5. The first-order valence-electron chi connectivity index (χ1n) is 9.62. The molecular formula is C20H21N5O3S2. The number of pyridine rings is 1. The van der Waals surface area contributed by atoms with Gasteiger partial charge in [-0.25, -0.2) is 18.4 Å². The van der Waals surface area contributed by atoms with Gasteiger partial charge < -0.3 is 14.6 Å². The first-order chi connectivity index (χ1) is 14.4. The predicted octanol–water partition coefficient (Wildman–Crippen LogP) is 3.00. The zero-order chi connectivity index (χ0) is 20.9. The fourth-order valence-electron chi connectivity index (χ4n) is 3.85. The Labute approximate surface area is 177 Å². The van der Waals surface area contributed by atoms with Crippen molar-refractivity contribution < 1.29 is 13.2 Å². The fourth-order valence-corrected chi connectivity index (χ4v) is 5.75. The lowest BCUT2D eigenvalue weighted by Crippen LogP contribution is -2.44. The Balaban J connectivity index is 1.76. The van der Waals surface area contributed by atoms with Crippen molar-refractivity contribution in [2.75, 3.05) is 30.9 Å². The highest BCUT2D eigenvalue weighted by molar-refractivity contribution is 7.89. The maximum absolute atomic E-state index is 12.0. The summed E-state index contributed by atoms with van der Waals surface area (Å²) in [5.41, 5.74) is 3.11. The Morgan fingerprint density at radius 1 is 1.33 bits per heavy atom. The highest BCUT2D eigenvalue weighted by atomic mass is 32.2. The smallest absolute Gasteiger partial charge is 0.164 e. The van der Waals surface area contributed by atoms with Crippen molar-refractivity contribution in [2.45, 2.75) is 18.7 Å². The number of morpholine rings is 1. The summed E-state index contributed by atoms with van der Waals surface area (Å²) in [6.07, 6.45) is 6.63. The molecule has 1 atom stereocenters. The minimum atomic E-state index is -3.19. The van der Waals surface area contributed by atoms with Gasteiger partial charge in [-0.2, -0.15) is 0 Å². The molecular weight excluding hydrogens is 422 g/mol. The number of nitrogens with zero attached hydrogens (tertiary/aromatic N) is 4. The zero-order valence-electron chi connectivity index (χ0n) is 16.6. The number of hydrogen-bond acceptors (Lipinski definition) is 8. The van der Waals surface area contributed by atoms with Gasteiger partial charge in [-0.15, -0.1) is 11.3 Å². The van der Waals surface area contributed by atoms with Crippen LogP contribution in [0.25, 0.3) is 32.5 Å². The van der Waals surface area contributed by atoms with Crippen LogP contribution < -0.4 is 4.90 Å². The van der Waals surface area contributed by atoms with Crippen LogP contribution in [-0.2, 0) is 20.3 Å². The Kier molecular flexibility index (Phi) is 4.72. The van der Waals surface area contributed by atoms with E-state index in [0.717, 1.165) is 33.5 Å². The Morgan fingerprint density at radius 3 is 3.00 bits per heavy atom. The lowest BCUT2D eigenvalue weighted by Gasteiger charge is -2.34. The molecule has 0 radical (unpaired) electrons. The van der Waals surface area contributed by atoms with Gasteiger partial charge in [0.25, 0.3) is 0 Å². The molecule has 5 heterocycles. The zero-order valence-corrected chi connectivity index (χ0v) is 18.3. The van der Waals surface area contributed by atoms with E-state index in [4.69, 9.17) is 14.7 Å². The van der Waals surface area contributed by atoms with E-state index in [1.807, 2.05) is 17.6 Å². The molecule has 0 saturated carbocycles. The molecule has 0 aromatic carbocycles. The second-order valence-electron chi connectivity index (χ2n) is 7.62. The molecule has 0 unspecified atom stereocenters. The van der Waals surface area contributed by atoms with Crippen molar-refractivity contribution in [3.05, 3.63) is 35.6 Å². The average molecular weight is 444 g/mol. The van der Waals surface area contributed by atoms with Gasteiger partial charge in [-0.3, -0.25) is 4.98 Å². The molecule has 156 valence electrons. The number of rotatable bonds is 4. The molecule has 5 rings (SSSR count). The number of sulfone groups is 1. The van der Waals surface area contributed by atoms with Crippen LogP contribution in [0.3, 0.4) is 0 Å². The van der Waals surface area contributed by atoms with Gasteiger partial charge >= 0.3 is 0 Å². The molecule has 1 aliphatic heterocycles. The van der Waals surface area contributed by atoms with E-state index in [9.17, 15) is 8.42 Å². The predicted molar refractivity (Wildman–Crippen MR) is 119 cm³/mol. The molecule has 4 aromatic heterocycles. The molecule has 0 aliphatic carbocycles. The van der Waals surface area contributed by atoms with Crippen LogP contribution in [0.4, 0.5) is 5.82 Å². The second kappa shape index (κ2) is 7.29. The maximum atomic E-state index is 12.0. The van der Waals surface area contributed by atoms with Gasteiger partial charge in [0.2, 0.25) is 0 Å². The molecule has 1 N–H and O–H groups in total. The van der Waals surface area contributed by atoms with Crippen LogP contribution in [0.2, 0.25) is 0 Å². The van der Waals surface area contributed by atoms with E-state index in [2.05, 4.69) is 21.8 Å². The van der Waals surface area contributed by atoms with Crippen molar-refractivity contribution in [3.8, 4) is 11.4 Å². The van der Waals surface area contributed by atoms with Crippen LogP contribution in [0.15, 0.2) is 30.0 Å².